The molecule has 0 aliphatic carbocycles. The van der Waals surface area contributed by atoms with Crippen molar-refractivity contribution in [1.29, 1.82) is 0 Å². The third kappa shape index (κ3) is 9.14. The van der Waals surface area contributed by atoms with Crippen LogP contribution in [-0.2, 0) is 4.74 Å². The molecular formula is C9H17N3O2S. The maximum Gasteiger partial charge on any atom is 0.413 e. The second-order valence-electron chi connectivity index (χ2n) is 4.14. The second-order valence-corrected chi connectivity index (χ2v) is 4.53. The zero-order chi connectivity index (χ0) is 12.1. The summed E-state index contributed by atoms with van der Waals surface area (Å²) in [6.07, 6.45) is 0.906. The van der Waals surface area contributed by atoms with Gasteiger partial charge in [-0.15, -0.1) is 0 Å². The fourth-order valence-electron chi connectivity index (χ4n) is 0.591. The molecule has 0 atom stereocenters. The van der Waals surface area contributed by atoms with Gasteiger partial charge in [0, 0.05) is 14.1 Å². The molecule has 0 unspecified atom stereocenters. The van der Waals surface area contributed by atoms with Crippen LogP contribution in [-0.4, -0.2) is 42.1 Å². The lowest BCUT2D eigenvalue weighted by Gasteiger charge is -2.19. The first-order valence-electron chi connectivity index (χ1n) is 4.45. The average molecular weight is 231 g/mol. The molecule has 6 heteroatoms. The van der Waals surface area contributed by atoms with Gasteiger partial charge in [0.2, 0.25) is 5.11 Å². The van der Waals surface area contributed by atoms with E-state index in [4.69, 9.17) is 17.0 Å². The monoisotopic (exact) mass is 231 g/mol. The minimum Gasteiger partial charge on any atom is -0.444 e. The maximum absolute atomic E-state index is 11.2. The van der Waals surface area contributed by atoms with Gasteiger partial charge in [-0.2, -0.15) is 0 Å². The number of hydrogen-bond acceptors (Lipinski definition) is 3. The molecule has 0 aliphatic heterocycles. The third-order valence-corrected chi connectivity index (χ3v) is 1.22. The summed E-state index contributed by atoms with van der Waals surface area (Å²) in [6.45, 7) is 5.33. The van der Waals surface area contributed by atoms with Crippen molar-refractivity contribution in [3.05, 3.63) is 0 Å². The summed E-state index contributed by atoms with van der Waals surface area (Å²) in [5, 5.41) is 2.42. The van der Waals surface area contributed by atoms with Crippen LogP contribution in [0, 0.1) is 0 Å². The summed E-state index contributed by atoms with van der Waals surface area (Å²) >= 11 is 4.80. The van der Waals surface area contributed by atoms with Gasteiger partial charge in [0.05, 0.1) is 6.34 Å². The molecule has 0 rings (SSSR count). The molecule has 0 spiro atoms. The summed E-state index contributed by atoms with van der Waals surface area (Å²) in [7, 11) is 3.61. The first kappa shape index (κ1) is 13.8. The summed E-state index contributed by atoms with van der Waals surface area (Å²) in [6, 6.07) is 0. The van der Waals surface area contributed by atoms with E-state index < -0.39 is 11.7 Å². The Morgan fingerprint density at radius 2 is 2.00 bits per heavy atom. The van der Waals surface area contributed by atoms with Crippen molar-refractivity contribution in [2.45, 2.75) is 26.4 Å². The molecule has 0 radical (unpaired) electrons. The highest BCUT2D eigenvalue weighted by Gasteiger charge is 2.16. The van der Waals surface area contributed by atoms with E-state index in [2.05, 4.69) is 10.3 Å². The first-order valence-corrected chi connectivity index (χ1v) is 4.86. The Labute approximate surface area is 95.5 Å². The van der Waals surface area contributed by atoms with Crippen molar-refractivity contribution in [1.82, 2.24) is 10.2 Å². The molecule has 5 nitrogen and oxygen atoms in total. The van der Waals surface area contributed by atoms with Gasteiger partial charge in [-0.05, 0) is 33.0 Å². The van der Waals surface area contributed by atoms with Crippen LogP contribution in [0.3, 0.4) is 0 Å². The molecule has 0 fully saturated rings. The van der Waals surface area contributed by atoms with Gasteiger partial charge in [0.1, 0.15) is 5.60 Å². The Hall–Kier alpha value is -1.17. The normalized spacial score (nSPS) is 11.3. The number of alkyl carbamates (subject to hydrolysis) is 1. The first-order chi connectivity index (χ1) is 6.70. The van der Waals surface area contributed by atoms with Gasteiger partial charge in [-0.1, -0.05) is 0 Å². The highest BCUT2D eigenvalue weighted by molar-refractivity contribution is 7.80. The Morgan fingerprint density at radius 3 is 2.40 bits per heavy atom. The van der Waals surface area contributed by atoms with Crippen LogP contribution in [0.2, 0.25) is 0 Å². The van der Waals surface area contributed by atoms with E-state index in [0.717, 1.165) is 0 Å². The van der Waals surface area contributed by atoms with Crippen LogP contribution in [0.4, 0.5) is 4.79 Å². The van der Waals surface area contributed by atoms with Crippen molar-refractivity contribution >= 4 is 29.8 Å². The lowest BCUT2D eigenvalue weighted by Crippen LogP contribution is -2.35. The molecule has 0 heterocycles. The molecule has 86 valence electrons. The van der Waals surface area contributed by atoms with Crippen LogP contribution in [0.15, 0.2) is 4.99 Å². The van der Waals surface area contributed by atoms with E-state index in [0.29, 0.717) is 0 Å². The predicted molar refractivity (Wildman–Crippen MR) is 64.1 cm³/mol. The highest BCUT2D eigenvalue weighted by Crippen LogP contribution is 2.06. The molecular weight excluding hydrogens is 214 g/mol. The van der Waals surface area contributed by atoms with E-state index in [-0.39, 0.29) is 5.11 Å². The van der Waals surface area contributed by atoms with E-state index in [1.807, 2.05) is 0 Å². The van der Waals surface area contributed by atoms with Gasteiger partial charge in [-0.3, -0.25) is 5.32 Å². The SMILES string of the molecule is CN(C)C=NC(=S)NC(=O)OC(C)(C)C. The zero-order valence-electron chi connectivity index (χ0n) is 9.70. The van der Waals surface area contributed by atoms with Gasteiger partial charge in [-0.25, -0.2) is 9.79 Å². The number of ether oxygens (including phenoxy) is 1. The summed E-state index contributed by atoms with van der Waals surface area (Å²) < 4.78 is 4.99. The molecule has 0 bridgehead atoms. The number of aliphatic imine (C=N–C) groups is 1. The highest BCUT2D eigenvalue weighted by atomic mass is 32.1. The van der Waals surface area contributed by atoms with Gasteiger partial charge in [0.25, 0.3) is 0 Å². The van der Waals surface area contributed by atoms with Crippen molar-refractivity contribution in [3.8, 4) is 0 Å². The summed E-state index contributed by atoms with van der Waals surface area (Å²) in [4.78, 5) is 16.7. The van der Waals surface area contributed by atoms with Crippen molar-refractivity contribution in [2.24, 2.45) is 4.99 Å². The van der Waals surface area contributed by atoms with Crippen LogP contribution >= 0.6 is 12.2 Å². The Morgan fingerprint density at radius 1 is 1.47 bits per heavy atom. The topological polar surface area (TPSA) is 53.9 Å². The predicted octanol–water partition coefficient (Wildman–Crippen LogP) is 1.39. The average Bonchev–Trinajstić information content (AvgIpc) is 1.96. The summed E-state index contributed by atoms with van der Waals surface area (Å²) in [5.41, 5.74) is -0.537. The quantitative estimate of drug-likeness (QED) is 0.421. The van der Waals surface area contributed by atoms with Gasteiger partial charge < -0.3 is 9.64 Å². The standard InChI is InChI=1S/C9H17N3O2S/c1-9(2,3)14-8(13)11-7(15)10-6-12(4)5/h6H,1-5H3,(H,11,13,15). The molecule has 0 aromatic carbocycles. The minimum atomic E-state index is -0.594. The smallest absolute Gasteiger partial charge is 0.413 e. The van der Waals surface area contributed by atoms with E-state index >= 15 is 0 Å². The van der Waals surface area contributed by atoms with E-state index in [1.165, 1.54) is 6.34 Å². The third-order valence-electron chi connectivity index (χ3n) is 1.01. The van der Waals surface area contributed by atoms with Gasteiger partial charge >= 0.3 is 6.09 Å². The molecule has 15 heavy (non-hydrogen) atoms. The molecule has 0 aromatic heterocycles. The van der Waals surface area contributed by atoms with Crippen molar-refractivity contribution in [2.75, 3.05) is 14.1 Å². The zero-order valence-corrected chi connectivity index (χ0v) is 10.5. The van der Waals surface area contributed by atoms with Crippen LogP contribution < -0.4 is 5.32 Å². The number of thiocarbonyl (C=S) groups is 1. The van der Waals surface area contributed by atoms with Crippen molar-refractivity contribution < 1.29 is 9.53 Å². The van der Waals surface area contributed by atoms with Crippen molar-refractivity contribution in [3.63, 3.8) is 0 Å². The molecule has 0 saturated heterocycles. The molecule has 1 N–H and O–H groups in total. The van der Waals surface area contributed by atoms with E-state index in [9.17, 15) is 4.79 Å². The molecule has 1 amide bonds. The number of carbonyl (C=O) groups is 1. The summed E-state index contributed by atoms with van der Waals surface area (Å²) in [5.74, 6) is 0. The molecule has 0 aromatic rings. The Kier molecular flexibility index (Phi) is 5.21. The Balaban J connectivity index is 4.03. The largest absolute Gasteiger partial charge is 0.444 e. The Bertz CT molecular complexity index is 269. The fraction of sp³-hybridized carbons (Fsp3) is 0.667. The fourth-order valence-corrected chi connectivity index (χ4v) is 0.722. The van der Waals surface area contributed by atoms with Crippen LogP contribution in [0.1, 0.15) is 20.8 Å². The van der Waals surface area contributed by atoms with Crippen LogP contribution in [0.25, 0.3) is 0 Å². The number of hydrogen-bond donors (Lipinski definition) is 1. The second kappa shape index (κ2) is 5.65. The minimum absolute atomic E-state index is 0.0814. The number of rotatable bonds is 1. The number of carbonyl (C=O) groups excluding carboxylic acids is 1. The van der Waals surface area contributed by atoms with E-state index in [1.54, 1.807) is 39.8 Å². The number of amides is 1. The lowest BCUT2D eigenvalue weighted by molar-refractivity contribution is 0.0564. The number of nitrogens with zero attached hydrogens (tertiary/aromatic N) is 2. The maximum atomic E-state index is 11.2. The van der Waals surface area contributed by atoms with Crippen LogP contribution in [0.5, 0.6) is 0 Å². The molecule has 0 aliphatic rings. The lowest BCUT2D eigenvalue weighted by atomic mass is 10.2. The van der Waals surface area contributed by atoms with Gasteiger partial charge in [0.15, 0.2) is 0 Å². The number of nitrogens with one attached hydrogen (secondary N) is 1. The molecule has 0 saturated carbocycles.